The fourth-order valence-electron chi connectivity index (χ4n) is 3.01. The van der Waals surface area contributed by atoms with E-state index in [0.29, 0.717) is 5.70 Å². The average molecular weight is 342 g/mol. The van der Waals surface area contributed by atoms with Gasteiger partial charge in [0.25, 0.3) is 0 Å². The molecule has 0 amide bonds. The SMILES string of the molecule is C=C/C(=C\C=C(\NC)C(C)F)Nc1ccc2c(C)c(CC)n(C)c2n1. The second-order valence-electron chi connectivity index (χ2n) is 5.99. The van der Waals surface area contributed by atoms with Gasteiger partial charge in [-0.05, 0) is 56.2 Å². The lowest BCUT2D eigenvalue weighted by atomic mass is 10.1. The number of aromatic nitrogens is 2. The van der Waals surface area contributed by atoms with Crippen molar-refractivity contribution < 1.29 is 4.39 Å². The van der Waals surface area contributed by atoms with E-state index < -0.39 is 6.17 Å². The number of allylic oxidation sites excluding steroid dienone is 4. The number of fused-ring (bicyclic) bond motifs is 1. The molecule has 0 fully saturated rings. The van der Waals surface area contributed by atoms with Gasteiger partial charge in [-0.3, -0.25) is 0 Å². The minimum atomic E-state index is -1.06. The second kappa shape index (κ2) is 8.01. The van der Waals surface area contributed by atoms with Crippen LogP contribution in [0.2, 0.25) is 0 Å². The Bertz CT molecular complexity index is 828. The molecule has 0 aliphatic heterocycles. The third kappa shape index (κ3) is 3.92. The van der Waals surface area contributed by atoms with E-state index in [1.807, 2.05) is 13.1 Å². The zero-order chi connectivity index (χ0) is 18.6. The summed E-state index contributed by atoms with van der Waals surface area (Å²) in [5, 5.41) is 7.25. The Morgan fingerprint density at radius 3 is 2.68 bits per heavy atom. The molecule has 0 aliphatic carbocycles. The van der Waals surface area contributed by atoms with Crippen molar-refractivity contribution in [2.45, 2.75) is 33.4 Å². The summed E-state index contributed by atoms with van der Waals surface area (Å²) in [5.41, 5.74) is 4.78. The maximum absolute atomic E-state index is 13.4. The van der Waals surface area contributed by atoms with E-state index in [-0.39, 0.29) is 0 Å². The first-order valence-electron chi connectivity index (χ1n) is 8.50. The van der Waals surface area contributed by atoms with Crippen molar-refractivity contribution in [3.8, 4) is 0 Å². The number of nitrogens with one attached hydrogen (secondary N) is 2. The van der Waals surface area contributed by atoms with Crippen molar-refractivity contribution in [3.05, 3.63) is 59.6 Å². The standard InChI is InChI=1S/C20H27FN4/c1-7-15(9-11-17(22-5)14(4)21)23-19-12-10-16-13(3)18(8-2)25(6)20(16)24-19/h7,9-12,14,22H,1,8H2,2-6H3,(H,23,24)/b15-9+,17-11+. The molecule has 1 atom stereocenters. The summed E-state index contributed by atoms with van der Waals surface area (Å²) < 4.78 is 15.6. The molecule has 0 aromatic carbocycles. The topological polar surface area (TPSA) is 41.9 Å². The average Bonchev–Trinajstić information content (AvgIpc) is 2.84. The number of halogens is 1. The third-order valence-electron chi connectivity index (χ3n) is 4.42. The monoisotopic (exact) mass is 342 g/mol. The Morgan fingerprint density at radius 2 is 2.12 bits per heavy atom. The highest BCUT2D eigenvalue weighted by molar-refractivity contribution is 5.83. The van der Waals surface area contributed by atoms with Crippen LogP contribution in [0.5, 0.6) is 0 Å². The van der Waals surface area contributed by atoms with Gasteiger partial charge in [0.05, 0.1) is 0 Å². The lowest BCUT2D eigenvalue weighted by Gasteiger charge is -2.09. The van der Waals surface area contributed by atoms with Gasteiger partial charge in [-0.25, -0.2) is 9.37 Å². The fourth-order valence-corrected chi connectivity index (χ4v) is 3.01. The number of hydrogen-bond donors (Lipinski definition) is 2. The largest absolute Gasteiger partial charge is 0.389 e. The smallest absolute Gasteiger partial charge is 0.142 e. The van der Waals surface area contributed by atoms with Gasteiger partial charge in [-0.1, -0.05) is 13.5 Å². The molecule has 2 aromatic heterocycles. The highest BCUT2D eigenvalue weighted by Gasteiger charge is 2.12. The Morgan fingerprint density at radius 1 is 1.40 bits per heavy atom. The Hall–Kier alpha value is -2.56. The van der Waals surface area contributed by atoms with Gasteiger partial charge >= 0.3 is 0 Å². The summed E-state index contributed by atoms with van der Waals surface area (Å²) >= 11 is 0. The first kappa shape index (κ1) is 18.8. The second-order valence-corrected chi connectivity index (χ2v) is 5.99. The lowest BCUT2D eigenvalue weighted by Crippen LogP contribution is -2.14. The lowest BCUT2D eigenvalue weighted by molar-refractivity contribution is 0.397. The van der Waals surface area contributed by atoms with Gasteiger partial charge in [0, 0.05) is 36.6 Å². The number of pyridine rings is 1. The normalized spacial score (nSPS) is 13.8. The molecule has 2 heterocycles. The van der Waals surface area contributed by atoms with E-state index in [9.17, 15) is 4.39 Å². The predicted octanol–water partition coefficient (Wildman–Crippen LogP) is 4.39. The van der Waals surface area contributed by atoms with E-state index >= 15 is 0 Å². The first-order chi connectivity index (χ1) is 11.9. The zero-order valence-corrected chi connectivity index (χ0v) is 15.7. The van der Waals surface area contributed by atoms with Crippen molar-refractivity contribution >= 4 is 16.9 Å². The Kier molecular flexibility index (Phi) is 6.02. The van der Waals surface area contributed by atoms with Crippen LogP contribution in [-0.4, -0.2) is 22.8 Å². The van der Waals surface area contributed by atoms with Crippen LogP contribution in [-0.2, 0) is 13.5 Å². The number of rotatable bonds is 7. The quantitative estimate of drug-likeness (QED) is 0.734. The van der Waals surface area contributed by atoms with Crippen LogP contribution in [0.3, 0.4) is 0 Å². The van der Waals surface area contributed by atoms with Crippen molar-refractivity contribution in [2.75, 3.05) is 12.4 Å². The maximum Gasteiger partial charge on any atom is 0.142 e. The van der Waals surface area contributed by atoms with E-state index in [0.717, 1.165) is 29.0 Å². The van der Waals surface area contributed by atoms with Crippen LogP contribution in [0, 0.1) is 6.92 Å². The first-order valence-corrected chi connectivity index (χ1v) is 8.50. The van der Waals surface area contributed by atoms with Crippen LogP contribution < -0.4 is 10.6 Å². The van der Waals surface area contributed by atoms with Gasteiger partial charge in [-0.2, -0.15) is 0 Å². The molecule has 0 aliphatic rings. The molecule has 2 N–H and O–H groups in total. The van der Waals surface area contributed by atoms with Crippen molar-refractivity contribution in [1.29, 1.82) is 0 Å². The minimum Gasteiger partial charge on any atom is -0.389 e. The number of hydrogen-bond acceptors (Lipinski definition) is 3. The van der Waals surface area contributed by atoms with Gasteiger partial charge < -0.3 is 15.2 Å². The number of nitrogens with zero attached hydrogens (tertiary/aromatic N) is 2. The molecule has 4 nitrogen and oxygen atoms in total. The Labute approximate surface area is 149 Å². The molecule has 0 saturated carbocycles. The molecule has 2 rings (SSSR count). The molecule has 134 valence electrons. The van der Waals surface area contributed by atoms with E-state index in [2.05, 4.69) is 41.7 Å². The number of anilines is 1. The van der Waals surface area contributed by atoms with Crippen LogP contribution in [0.4, 0.5) is 10.2 Å². The van der Waals surface area contributed by atoms with Gasteiger partial charge in [-0.15, -0.1) is 0 Å². The summed E-state index contributed by atoms with van der Waals surface area (Å²) in [7, 11) is 3.75. The molecule has 0 bridgehead atoms. The van der Waals surface area contributed by atoms with Crippen LogP contribution >= 0.6 is 0 Å². The fraction of sp³-hybridized carbons (Fsp3) is 0.350. The molecule has 0 spiro atoms. The molecule has 1 unspecified atom stereocenters. The van der Waals surface area contributed by atoms with Gasteiger partial charge in [0.2, 0.25) is 0 Å². The molecular formula is C20H27FN4. The minimum absolute atomic E-state index is 0.509. The van der Waals surface area contributed by atoms with Crippen molar-refractivity contribution in [1.82, 2.24) is 14.9 Å². The van der Waals surface area contributed by atoms with Crippen LogP contribution in [0.1, 0.15) is 25.1 Å². The summed E-state index contributed by atoms with van der Waals surface area (Å²) in [5.74, 6) is 0.731. The molecular weight excluding hydrogens is 315 g/mol. The molecule has 5 heteroatoms. The van der Waals surface area contributed by atoms with E-state index in [1.54, 1.807) is 25.3 Å². The number of alkyl halides is 1. The molecule has 0 saturated heterocycles. The highest BCUT2D eigenvalue weighted by Crippen LogP contribution is 2.25. The number of aryl methyl sites for hydroxylation is 2. The van der Waals surface area contributed by atoms with E-state index in [4.69, 9.17) is 4.98 Å². The summed E-state index contributed by atoms with van der Waals surface area (Å²) in [6.07, 6.45) is 5.09. The van der Waals surface area contributed by atoms with Gasteiger partial charge in [0.1, 0.15) is 17.6 Å². The third-order valence-corrected chi connectivity index (χ3v) is 4.42. The zero-order valence-electron chi connectivity index (χ0n) is 15.7. The summed E-state index contributed by atoms with van der Waals surface area (Å²) in [6.45, 7) is 9.59. The van der Waals surface area contributed by atoms with Crippen LogP contribution in [0.15, 0.2) is 48.3 Å². The molecule has 25 heavy (non-hydrogen) atoms. The molecule has 0 radical (unpaired) electrons. The van der Waals surface area contributed by atoms with E-state index in [1.165, 1.54) is 18.2 Å². The van der Waals surface area contributed by atoms with Crippen LogP contribution in [0.25, 0.3) is 11.0 Å². The summed E-state index contributed by atoms with van der Waals surface area (Å²) in [6, 6.07) is 4.03. The maximum atomic E-state index is 13.4. The molecule has 2 aromatic rings. The summed E-state index contributed by atoms with van der Waals surface area (Å²) in [4.78, 5) is 4.73. The van der Waals surface area contributed by atoms with Crippen molar-refractivity contribution in [3.63, 3.8) is 0 Å². The van der Waals surface area contributed by atoms with Gasteiger partial charge in [0.15, 0.2) is 0 Å². The predicted molar refractivity (Wildman–Crippen MR) is 104 cm³/mol. The highest BCUT2D eigenvalue weighted by atomic mass is 19.1. The Balaban J connectivity index is 2.35. The van der Waals surface area contributed by atoms with Crippen molar-refractivity contribution in [2.24, 2.45) is 7.05 Å².